The molecule has 26 heavy (non-hydrogen) atoms. The van der Waals surface area contributed by atoms with Crippen molar-refractivity contribution in [2.75, 3.05) is 0 Å². The second-order valence-corrected chi connectivity index (χ2v) is 6.00. The summed E-state index contributed by atoms with van der Waals surface area (Å²) < 4.78 is 5.27. The summed E-state index contributed by atoms with van der Waals surface area (Å²) in [4.78, 5) is 17.2. The Bertz CT molecular complexity index is 1070. The largest absolute Gasteiger partial charge is 0.360 e. The lowest BCUT2D eigenvalue weighted by Gasteiger charge is -2.08. The van der Waals surface area contributed by atoms with Gasteiger partial charge in [0.15, 0.2) is 0 Å². The first kappa shape index (κ1) is 16.0. The van der Waals surface area contributed by atoms with Crippen molar-refractivity contribution < 1.29 is 9.32 Å². The van der Waals surface area contributed by atoms with E-state index in [4.69, 9.17) is 4.52 Å². The van der Waals surface area contributed by atoms with Gasteiger partial charge >= 0.3 is 0 Å². The minimum absolute atomic E-state index is 0.212. The molecule has 0 bridgehead atoms. The molecule has 0 radical (unpaired) electrons. The van der Waals surface area contributed by atoms with Gasteiger partial charge in [0, 0.05) is 23.7 Å². The van der Waals surface area contributed by atoms with Crippen molar-refractivity contribution in [3.63, 3.8) is 0 Å². The zero-order chi connectivity index (χ0) is 17.9. The Balaban J connectivity index is 1.61. The predicted molar refractivity (Wildman–Crippen MR) is 99.6 cm³/mol. The lowest BCUT2D eigenvalue weighted by molar-refractivity contribution is 0.0950. The van der Waals surface area contributed by atoms with Crippen LogP contribution in [0, 0.1) is 6.92 Å². The van der Waals surface area contributed by atoms with E-state index < -0.39 is 0 Å². The summed E-state index contributed by atoms with van der Waals surface area (Å²) in [5.74, 6) is 0.285. The Labute approximate surface area is 150 Å². The highest BCUT2D eigenvalue weighted by molar-refractivity contribution is 6.00. The van der Waals surface area contributed by atoms with E-state index in [2.05, 4.69) is 15.5 Å². The normalized spacial score (nSPS) is 10.8. The molecule has 2 aromatic carbocycles. The number of hydrogen-bond donors (Lipinski definition) is 1. The van der Waals surface area contributed by atoms with Crippen molar-refractivity contribution in [2.24, 2.45) is 0 Å². The molecule has 1 N–H and O–H groups in total. The van der Waals surface area contributed by atoms with Crippen LogP contribution in [0.1, 0.15) is 21.7 Å². The molecular formula is C21H17N3O2. The standard InChI is InChI=1S/C21H17N3O2/c1-14-18(20(24-26-14)16-7-3-2-4-8-16)21(25)23-13-17-10-5-9-15-11-6-12-22-19(15)17/h2-12H,13H2,1H3,(H,23,25). The fraction of sp³-hybridized carbons (Fsp3) is 0.0952. The Morgan fingerprint density at radius 3 is 2.69 bits per heavy atom. The highest BCUT2D eigenvalue weighted by Gasteiger charge is 2.21. The molecule has 2 heterocycles. The lowest BCUT2D eigenvalue weighted by Crippen LogP contribution is -2.24. The first-order valence-corrected chi connectivity index (χ1v) is 8.36. The number of nitrogens with one attached hydrogen (secondary N) is 1. The van der Waals surface area contributed by atoms with Crippen LogP contribution in [0.15, 0.2) is 71.4 Å². The molecule has 0 aliphatic rings. The second-order valence-electron chi connectivity index (χ2n) is 6.00. The molecule has 5 nitrogen and oxygen atoms in total. The van der Waals surface area contributed by atoms with Crippen LogP contribution in [0.4, 0.5) is 0 Å². The van der Waals surface area contributed by atoms with Crippen molar-refractivity contribution in [1.29, 1.82) is 0 Å². The third kappa shape index (κ3) is 2.95. The average Bonchev–Trinajstić information content (AvgIpc) is 3.08. The van der Waals surface area contributed by atoms with Crippen LogP contribution >= 0.6 is 0 Å². The van der Waals surface area contributed by atoms with Gasteiger partial charge in [-0.25, -0.2) is 0 Å². The summed E-state index contributed by atoms with van der Waals surface area (Å²) in [5, 5.41) is 8.08. The van der Waals surface area contributed by atoms with Gasteiger partial charge in [-0.15, -0.1) is 0 Å². The maximum atomic E-state index is 12.8. The molecule has 5 heteroatoms. The number of pyridine rings is 1. The minimum atomic E-state index is -0.212. The summed E-state index contributed by atoms with van der Waals surface area (Å²) in [7, 11) is 0. The quantitative estimate of drug-likeness (QED) is 0.605. The maximum Gasteiger partial charge on any atom is 0.257 e. The molecule has 2 aromatic heterocycles. The molecule has 4 aromatic rings. The second kappa shape index (κ2) is 6.80. The van der Waals surface area contributed by atoms with Crippen LogP contribution in [-0.4, -0.2) is 16.0 Å². The number of amides is 1. The van der Waals surface area contributed by atoms with E-state index in [0.717, 1.165) is 22.0 Å². The summed E-state index contributed by atoms with van der Waals surface area (Å²) in [6.45, 7) is 2.12. The Morgan fingerprint density at radius 1 is 1.04 bits per heavy atom. The number of carbonyl (C=O) groups excluding carboxylic acids is 1. The Morgan fingerprint density at radius 2 is 1.85 bits per heavy atom. The Kier molecular flexibility index (Phi) is 4.19. The van der Waals surface area contributed by atoms with Gasteiger partial charge in [-0.05, 0) is 18.6 Å². The first-order chi connectivity index (χ1) is 12.7. The van der Waals surface area contributed by atoms with Gasteiger partial charge < -0.3 is 9.84 Å². The lowest BCUT2D eigenvalue weighted by atomic mass is 10.1. The molecule has 0 aliphatic carbocycles. The molecule has 1 amide bonds. The van der Waals surface area contributed by atoms with Gasteiger partial charge in [0.05, 0.1) is 5.52 Å². The highest BCUT2D eigenvalue weighted by atomic mass is 16.5. The number of para-hydroxylation sites is 1. The maximum absolute atomic E-state index is 12.8. The first-order valence-electron chi connectivity index (χ1n) is 8.36. The third-order valence-electron chi connectivity index (χ3n) is 4.29. The summed E-state index contributed by atoms with van der Waals surface area (Å²) in [6.07, 6.45) is 1.76. The molecule has 0 fully saturated rings. The van der Waals surface area contributed by atoms with Crippen molar-refractivity contribution in [3.8, 4) is 11.3 Å². The predicted octanol–water partition coefficient (Wildman–Crippen LogP) is 4.13. The van der Waals surface area contributed by atoms with Crippen LogP contribution < -0.4 is 5.32 Å². The number of fused-ring (bicyclic) bond motifs is 1. The number of benzene rings is 2. The van der Waals surface area contributed by atoms with Gasteiger partial charge in [0.2, 0.25) is 0 Å². The Hall–Kier alpha value is -3.47. The van der Waals surface area contributed by atoms with Crippen molar-refractivity contribution in [2.45, 2.75) is 13.5 Å². The van der Waals surface area contributed by atoms with Crippen LogP contribution in [-0.2, 0) is 6.54 Å². The molecule has 128 valence electrons. The average molecular weight is 343 g/mol. The van der Waals surface area contributed by atoms with Crippen molar-refractivity contribution >= 4 is 16.8 Å². The number of nitrogens with zero attached hydrogens (tertiary/aromatic N) is 2. The molecular weight excluding hydrogens is 326 g/mol. The number of aromatic nitrogens is 2. The van der Waals surface area contributed by atoms with E-state index in [1.54, 1.807) is 13.1 Å². The van der Waals surface area contributed by atoms with Gasteiger partial charge in [0.1, 0.15) is 17.0 Å². The molecule has 4 rings (SSSR count). The zero-order valence-electron chi connectivity index (χ0n) is 14.3. The van der Waals surface area contributed by atoms with Gasteiger partial charge in [-0.3, -0.25) is 9.78 Å². The van der Waals surface area contributed by atoms with Crippen LogP contribution in [0.5, 0.6) is 0 Å². The van der Waals surface area contributed by atoms with Gasteiger partial charge in [-0.1, -0.05) is 59.8 Å². The molecule has 0 spiro atoms. The zero-order valence-corrected chi connectivity index (χ0v) is 14.3. The fourth-order valence-electron chi connectivity index (χ4n) is 3.01. The topological polar surface area (TPSA) is 68.0 Å². The summed E-state index contributed by atoms with van der Waals surface area (Å²) in [6, 6.07) is 19.4. The monoisotopic (exact) mass is 343 g/mol. The number of aryl methyl sites for hydroxylation is 1. The van der Waals surface area contributed by atoms with Crippen LogP contribution in [0.3, 0.4) is 0 Å². The van der Waals surface area contributed by atoms with E-state index in [9.17, 15) is 4.79 Å². The SMILES string of the molecule is Cc1onc(-c2ccccc2)c1C(=O)NCc1cccc2cccnc12. The van der Waals surface area contributed by atoms with E-state index in [1.807, 2.05) is 60.7 Å². The van der Waals surface area contributed by atoms with Crippen LogP contribution in [0.2, 0.25) is 0 Å². The van der Waals surface area contributed by atoms with E-state index in [-0.39, 0.29) is 5.91 Å². The highest BCUT2D eigenvalue weighted by Crippen LogP contribution is 2.25. The van der Waals surface area contributed by atoms with Gasteiger partial charge in [0.25, 0.3) is 5.91 Å². The number of carbonyl (C=O) groups is 1. The molecule has 0 saturated carbocycles. The molecule has 0 saturated heterocycles. The van der Waals surface area contributed by atoms with E-state index >= 15 is 0 Å². The number of rotatable bonds is 4. The van der Waals surface area contributed by atoms with Crippen molar-refractivity contribution in [3.05, 3.63) is 83.7 Å². The molecule has 0 unspecified atom stereocenters. The fourth-order valence-corrected chi connectivity index (χ4v) is 3.01. The summed E-state index contributed by atoms with van der Waals surface area (Å²) >= 11 is 0. The number of hydrogen-bond acceptors (Lipinski definition) is 4. The van der Waals surface area contributed by atoms with Gasteiger partial charge in [-0.2, -0.15) is 0 Å². The molecule has 0 aliphatic heterocycles. The van der Waals surface area contributed by atoms with E-state index in [1.165, 1.54) is 0 Å². The minimum Gasteiger partial charge on any atom is -0.360 e. The third-order valence-corrected chi connectivity index (χ3v) is 4.29. The van der Waals surface area contributed by atoms with E-state index in [0.29, 0.717) is 23.6 Å². The molecule has 0 atom stereocenters. The summed E-state index contributed by atoms with van der Waals surface area (Å²) in [5.41, 5.74) is 3.72. The van der Waals surface area contributed by atoms with Crippen molar-refractivity contribution in [1.82, 2.24) is 15.5 Å². The van der Waals surface area contributed by atoms with Crippen LogP contribution in [0.25, 0.3) is 22.2 Å². The smallest absolute Gasteiger partial charge is 0.257 e.